The first-order valence-corrected chi connectivity index (χ1v) is 6.37. The molecule has 0 saturated heterocycles. The third-order valence-corrected chi connectivity index (χ3v) is 2.65. The number of ether oxygens (including phenoxy) is 3. The Morgan fingerprint density at radius 2 is 1.64 bits per heavy atom. The lowest BCUT2D eigenvalue weighted by Crippen LogP contribution is -2.33. The van der Waals surface area contributed by atoms with Gasteiger partial charge in [-0.25, -0.2) is 0 Å². The monoisotopic (exact) mass is 310 g/mol. The van der Waals surface area contributed by atoms with Crippen LogP contribution in [0.3, 0.4) is 0 Å². The summed E-state index contributed by atoms with van der Waals surface area (Å²) in [7, 11) is 4.35. The molecule has 8 nitrogen and oxygen atoms in total. The van der Waals surface area contributed by atoms with Crippen molar-refractivity contribution in [3.63, 3.8) is 0 Å². The minimum Gasteiger partial charge on any atom is -0.497 e. The number of hydrogen-bond acceptors (Lipinski definition) is 6. The van der Waals surface area contributed by atoms with Crippen LogP contribution in [0.2, 0.25) is 0 Å². The molecule has 0 fully saturated rings. The Morgan fingerprint density at radius 3 is 2.14 bits per heavy atom. The van der Waals surface area contributed by atoms with Gasteiger partial charge in [0.25, 0.3) is 11.8 Å². The predicted molar refractivity (Wildman–Crippen MR) is 76.9 cm³/mol. The SMILES string of the molecule is CNC(=O)COC(=O)CNC(=O)c1cc(OC)cc(OC)c1. The summed E-state index contributed by atoms with van der Waals surface area (Å²) in [4.78, 5) is 34.3. The zero-order chi connectivity index (χ0) is 16.5. The van der Waals surface area contributed by atoms with Crippen LogP contribution in [0, 0.1) is 0 Å². The summed E-state index contributed by atoms with van der Waals surface area (Å²) in [6.07, 6.45) is 0. The molecule has 0 heterocycles. The van der Waals surface area contributed by atoms with Gasteiger partial charge < -0.3 is 24.8 Å². The molecule has 0 aliphatic rings. The van der Waals surface area contributed by atoms with Crippen molar-refractivity contribution < 1.29 is 28.6 Å². The highest BCUT2D eigenvalue weighted by molar-refractivity contribution is 5.96. The Labute approximate surface area is 127 Å². The topological polar surface area (TPSA) is 103 Å². The summed E-state index contributed by atoms with van der Waals surface area (Å²) in [5, 5.41) is 4.69. The number of carbonyl (C=O) groups is 3. The molecule has 1 rings (SSSR count). The summed E-state index contributed by atoms with van der Waals surface area (Å²) in [6.45, 7) is -0.743. The van der Waals surface area contributed by atoms with Crippen molar-refractivity contribution in [1.82, 2.24) is 10.6 Å². The molecule has 0 spiro atoms. The molecule has 1 aromatic carbocycles. The lowest BCUT2D eigenvalue weighted by Gasteiger charge is -2.09. The fourth-order valence-corrected chi connectivity index (χ4v) is 1.46. The molecule has 0 radical (unpaired) electrons. The average molecular weight is 310 g/mol. The molecule has 1 aromatic rings. The molecule has 8 heteroatoms. The smallest absolute Gasteiger partial charge is 0.325 e. The van der Waals surface area contributed by atoms with Crippen molar-refractivity contribution in [2.24, 2.45) is 0 Å². The van der Waals surface area contributed by atoms with E-state index in [1.165, 1.54) is 33.4 Å². The quantitative estimate of drug-likeness (QED) is 0.672. The van der Waals surface area contributed by atoms with E-state index in [9.17, 15) is 14.4 Å². The van der Waals surface area contributed by atoms with Gasteiger partial charge in [-0.2, -0.15) is 0 Å². The van der Waals surface area contributed by atoms with Gasteiger partial charge in [0.1, 0.15) is 18.0 Å². The lowest BCUT2D eigenvalue weighted by molar-refractivity contribution is -0.147. The van der Waals surface area contributed by atoms with Crippen LogP contribution in [0.4, 0.5) is 0 Å². The number of hydrogen-bond donors (Lipinski definition) is 2. The minimum absolute atomic E-state index is 0.273. The van der Waals surface area contributed by atoms with Gasteiger partial charge in [0.05, 0.1) is 14.2 Å². The van der Waals surface area contributed by atoms with Gasteiger partial charge in [0, 0.05) is 18.7 Å². The van der Waals surface area contributed by atoms with Crippen LogP contribution in [0.5, 0.6) is 11.5 Å². The Hall–Kier alpha value is -2.77. The van der Waals surface area contributed by atoms with Crippen LogP contribution in [0.15, 0.2) is 18.2 Å². The van der Waals surface area contributed by atoms with Crippen molar-refractivity contribution >= 4 is 17.8 Å². The van der Waals surface area contributed by atoms with Crippen LogP contribution in [-0.2, 0) is 14.3 Å². The number of benzene rings is 1. The fourth-order valence-electron chi connectivity index (χ4n) is 1.46. The highest BCUT2D eigenvalue weighted by atomic mass is 16.5. The van der Waals surface area contributed by atoms with Gasteiger partial charge >= 0.3 is 5.97 Å². The summed E-state index contributed by atoms with van der Waals surface area (Å²) in [5.41, 5.74) is 0.273. The molecule has 0 atom stereocenters. The highest BCUT2D eigenvalue weighted by Crippen LogP contribution is 2.22. The second-order valence-corrected chi connectivity index (χ2v) is 4.12. The third-order valence-electron chi connectivity index (χ3n) is 2.65. The van der Waals surface area contributed by atoms with Crippen LogP contribution in [0.25, 0.3) is 0 Å². The number of likely N-dealkylation sites (N-methyl/N-ethyl adjacent to an activating group) is 1. The summed E-state index contributed by atoms with van der Waals surface area (Å²) >= 11 is 0. The average Bonchev–Trinajstić information content (AvgIpc) is 2.56. The molecule has 0 bridgehead atoms. The first kappa shape index (κ1) is 17.3. The zero-order valence-electron chi connectivity index (χ0n) is 12.6. The van der Waals surface area contributed by atoms with Gasteiger partial charge in [-0.1, -0.05) is 0 Å². The molecule has 0 aliphatic carbocycles. The Kier molecular flexibility index (Phi) is 6.68. The van der Waals surface area contributed by atoms with Crippen molar-refractivity contribution in [2.45, 2.75) is 0 Å². The Bertz CT molecular complexity index is 536. The van der Waals surface area contributed by atoms with E-state index in [1.807, 2.05) is 0 Å². The molecular formula is C14H18N2O6. The maximum atomic E-state index is 12.0. The predicted octanol–water partition coefficient (Wildman–Crippen LogP) is -0.277. The van der Waals surface area contributed by atoms with Crippen molar-refractivity contribution in [3.8, 4) is 11.5 Å². The van der Waals surface area contributed by atoms with Gasteiger partial charge in [-0.15, -0.1) is 0 Å². The van der Waals surface area contributed by atoms with E-state index >= 15 is 0 Å². The molecule has 0 aromatic heterocycles. The molecule has 120 valence electrons. The molecule has 22 heavy (non-hydrogen) atoms. The summed E-state index contributed by atoms with van der Waals surface area (Å²) < 4.78 is 14.8. The number of amides is 2. The van der Waals surface area contributed by atoms with E-state index in [2.05, 4.69) is 15.4 Å². The van der Waals surface area contributed by atoms with Gasteiger partial charge in [-0.3, -0.25) is 14.4 Å². The first-order valence-electron chi connectivity index (χ1n) is 6.37. The number of esters is 1. The third kappa shape index (κ3) is 5.31. The maximum Gasteiger partial charge on any atom is 0.325 e. The van der Waals surface area contributed by atoms with E-state index in [0.29, 0.717) is 11.5 Å². The number of nitrogens with one attached hydrogen (secondary N) is 2. The van der Waals surface area contributed by atoms with E-state index in [-0.39, 0.29) is 12.1 Å². The first-order chi connectivity index (χ1) is 10.5. The van der Waals surface area contributed by atoms with E-state index in [4.69, 9.17) is 9.47 Å². The molecular weight excluding hydrogens is 292 g/mol. The zero-order valence-corrected chi connectivity index (χ0v) is 12.6. The van der Waals surface area contributed by atoms with E-state index in [0.717, 1.165) is 0 Å². The number of carbonyl (C=O) groups excluding carboxylic acids is 3. The molecule has 2 N–H and O–H groups in total. The van der Waals surface area contributed by atoms with E-state index in [1.54, 1.807) is 6.07 Å². The van der Waals surface area contributed by atoms with Gasteiger partial charge in [-0.05, 0) is 12.1 Å². The van der Waals surface area contributed by atoms with Crippen LogP contribution >= 0.6 is 0 Å². The highest BCUT2D eigenvalue weighted by Gasteiger charge is 2.12. The normalized spacial score (nSPS) is 9.59. The van der Waals surface area contributed by atoms with Crippen molar-refractivity contribution in [1.29, 1.82) is 0 Å². The minimum atomic E-state index is -0.716. The molecule has 0 unspecified atom stereocenters. The Morgan fingerprint density at radius 1 is 1.05 bits per heavy atom. The van der Waals surface area contributed by atoms with Crippen LogP contribution in [-0.4, -0.2) is 52.2 Å². The maximum absolute atomic E-state index is 12.0. The van der Waals surface area contributed by atoms with Gasteiger partial charge in [0.15, 0.2) is 6.61 Å². The number of methoxy groups -OCH3 is 2. The lowest BCUT2D eigenvalue weighted by atomic mass is 10.2. The van der Waals surface area contributed by atoms with E-state index < -0.39 is 24.4 Å². The largest absolute Gasteiger partial charge is 0.497 e. The van der Waals surface area contributed by atoms with Crippen LogP contribution in [0.1, 0.15) is 10.4 Å². The molecule has 2 amide bonds. The standard InChI is InChI=1S/C14H18N2O6/c1-15-12(17)8-22-13(18)7-16-14(19)9-4-10(20-2)6-11(5-9)21-3/h4-6H,7-8H2,1-3H3,(H,15,17)(H,16,19). The summed E-state index contributed by atoms with van der Waals surface area (Å²) in [6, 6.07) is 4.63. The molecule has 0 saturated carbocycles. The summed E-state index contributed by atoms with van der Waals surface area (Å²) in [5.74, 6) is -0.739. The Balaban J connectivity index is 2.58. The van der Waals surface area contributed by atoms with Crippen LogP contribution < -0.4 is 20.1 Å². The number of rotatable bonds is 7. The van der Waals surface area contributed by atoms with Crippen molar-refractivity contribution in [2.75, 3.05) is 34.4 Å². The second-order valence-electron chi connectivity index (χ2n) is 4.12. The van der Waals surface area contributed by atoms with Gasteiger partial charge in [0.2, 0.25) is 0 Å². The molecule has 0 aliphatic heterocycles. The fraction of sp³-hybridized carbons (Fsp3) is 0.357. The second kappa shape index (κ2) is 8.50. The van der Waals surface area contributed by atoms with Crippen molar-refractivity contribution in [3.05, 3.63) is 23.8 Å².